The number of non-ortho nitro benzene ring substituents is 2. The fourth-order valence-corrected chi connectivity index (χ4v) is 11.3. The molecule has 0 aliphatic heterocycles. The highest BCUT2D eigenvalue weighted by molar-refractivity contribution is 6.09. The topological polar surface area (TPSA) is 333 Å². The molecule has 6 rings (SSSR count). The Balaban J connectivity index is -0.00000226. The molecule has 0 spiro atoms. The number of anilines is 10. The van der Waals surface area contributed by atoms with E-state index in [1.54, 1.807) is 97.1 Å². The number of hydrogen-bond acceptors (Lipinski definition) is 10. The Kier molecular flexibility index (Phi) is 53.6. The highest BCUT2D eigenvalue weighted by Crippen LogP contribution is 2.27. The van der Waals surface area contributed by atoms with Crippen molar-refractivity contribution in [2.75, 3.05) is 171 Å². The van der Waals surface area contributed by atoms with E-state index in [2.05, 4.69) is 175 Å². The number of amides is 12. The molecule has 0 fully saturated rings. The van der Waals surface area contributed by atoms with Gasteiger partial charge in [-0.15, -0.1) is 0 Å². The maximum Gasteiger partial charge on any atom is 0.323 e. The molecule has 0 aliphatic carbocycles. The Morgan fingerprint density at radius 2 is 0.398 bits per heavy atom. The molecule has 0 unspecified atom stereocenters. The summed E-state index contributed by atoms with van der Waals surface area (Å²) in [5, 5.41) is 53.2. The summed E-state index contributed by atoms with van der Waals surface area (Å²) >= 11 is 0. The van der Waals surface area contributed by atoms with Gasteiger partial charge in [0.1, 0.15) is 0 Å². The third-order valence-corrected chi connectivity index (χ3v) is 19.8. The van der Waals surface area contributed by atoms with E-state index >= 15 is 0 Å². The molecule has 32 heteroatoms. The Labute approximate surface area is 682 Å². The van der Waals surface area contributed by atoms with E-state index in [0.717, 1.165) is 0 Å². The van der Waals surface area contributed by atoms with Gasteiger partial charge in [-0.2, -0.15) is 0 Å². The molecule has 602 valence electrons. The summed E-state index contributed by atoms with van der Waals surface area (Å²) < 4.78 is 5.11. The van der Waals surface area contributed by atoms with Gasteiger partial charge in [-0.3, -0.25) is 20.2 Å². The average molecular weight is 1770 g/mol. The van der Waals surface area contributed by atoms with Crippen molar-refractivity contribution in [3.8, 4) is 0 Å². The number of urea groups is 6. The predicted molar refractivity (Wildman–Crippen MR) is 426 cm³/mol. The van der Waals surface area contributed by atoms with Crippen molar-refractivity contribution in [1.29, 1.82) is 0 Å². The van der Waals surface area contributed by atoms with E-state index < -0.39 is 46.0 Å². The lowest BCUT2D eigenvalue weighted by molar-refractivity contribution is -0.921. The highest BCUT2D eigenvalue weighted by Gasteiger charge is 2.21. The first-order chi connectivity index (χ1) is 49.8. The van der Waals surface area contributed by atoms with Crippen LogP contribution in [0.4, 0.5) is 97.0 Å². The number of carbonyl (C=O) groups excluding carboxylic acids is 6. The van der Waals surface area contributed by atoms with Gasteiger partial charge in [0.05, 0.1) is 160 Å². The lowest BCUT2D eigenvalue weighted by Gasteiger charge is -2.34. The van der Waals surface area contributed by atoms with Crippen molar-refractivity contribution >= 4 is 104 Å². The van der Waals surface area contributed by atoms with Gasteiger partial charge in [0.25, 0.3) is 11.4 Å². The van der Waals surface area contributed by atoms with Gasteiger partial charge in [-0.25, -0.2) is 28.8 Å². The zero-order valence-corrected chi connectivity index (χ0v) is 72.2. The van der Waals surface area contributed by atoms with Crippen LogP contribution >= 0.6 is 0 Å². The van der Waals surface area contributed by atoms with Crippen LogP contribution in [0.15, 0.2) is 146 Å². The van der Waals surface area contributed by atoms with Crippen LogP contribution in [-0.2, 0) is 0 Å². The molecule has 6 aromatic carbocycles. The van der Waals surface area contributed by atoms with Gasteiger partial charge in [0.2, 0.25) is 0 Å². The number of nitrogens with one attached hydrogen (secondary N) is 12. The summed E-state index contributed by atoms with van der Waals surface area (Å²) in [7, 11) is 0. The average Bonchev–Trinajstić information content (AvgIpc) is 0.852. The Morgan fingerprint density at radius 3 is 0.537 bits per heavy atom. The van der Waals surface area contributed by atoms with E-state index in [1.807, 2.05) is 0 Å². The summed E-state index contributed by atoms with van der Waals surface area (Å²) in [6, 6.07) is 31.8. The number of nitro benzene ring substituents is 2. The molecule has 108 heavy (non-hydrogen) atoms. The highest BCUT2D eigenvalue weighted by atomic mass is 79.9. The van der Waals surface area contributed by atoms with Crippen molar-refractivity contribution < 1.29 is 124 Å². The van der Waals surface area contributed by atoms with Crippen molar-refractivity contribution in [3.05, 3.63) is 166 Å². The lowest BCUT2D eigenvalue weighted by Crippen LogP contribution is -3.00. The van der Waals surface area contributed by atoms with Crippen molar-refractivity contribution in [3.63, 3.8) is 0 Å². The number of benzene rings is 6. The first kappa shape index (κ1) is 104. The number of quaternary nitrogens is 4. The maximum atomic E-state index is 13.1. The first-order valence-electron chi connectivity index (χ1n) is 36.4. The van der Waals surface area contributed by atoms with Crippen LogP contribution < -0.4 is 132 Å². The number of para-hydroxylation sites is 8. The second-order valence-electron chi connectivity index (χ2n) is 24.3. The first-order valence-corrected chi connectivity index (χ1v) is 36.4. The minimum absolute atomic E-state index is 0. The third-order valence-electron chi connectivity index (χ3n) is 19.8. The molecule has 0 aliphatic rings. The van der Waals surface area contributed by atoms with E-state index in [4.69, 9.17) is 0 Å². The van der Waals surface area contributed by atoms with Crippen molar-refractivity contribution in [2.24, 2.45) is 0 Å². The van der Waals surface area contributed by atoms with Crippen LogP contribution in [0.1, 0.15) is 111 Å². The van der Waals surface area contributed by atoms with Crippen LogP contribution in [-0.4, -0.2) is 182 Å². The minimum Gasteiger partial charge on any atom is -1.00 e. The largest absolute Gasteiger partial charge is 1.00 e. The molecule has 6 aromatic rings. The summed E-state index contributed by atoms with van der Waals surface area (Å²) in [5.41, 5.74) is 2.18. The summed E-state index contributed by atoms with van der Waals surface area (Å²) in [6.45, 7) is 56.9. The fourth-order valence-electron chi connectivity index (χ4n) is 11.3. The minimum atomic E-state index is -0.708. The van der Waals surface area contributed by atoms with Crippen LogP contribution in [0.5, 0.6) is 0 Å². The van der Waals surface area contributed by atoms with E-state index in [0.29, 0.717) is 11.4 Å². The molecular weight excluding hydrogens is 1640 g/mol. The zero-order chi connectivity index (χ0) is 77.7. The molecule has 0 saturated heterocycles. The predicted octanol–water partition coefficient (Wildman–Crippen LogP) is 4.57. The summed E-state index contributed by atoms with van der Waals surface area (Å²) in [4.78, 5) is 97.8. The van der Waals surface area contributed by atoms with Gasteiger partial charge in [-0.05, 0) is 184 Å². The standard InChI is InChI=1S/C44H40N14O10.4C8H20N.4BrH/c59-39(49-31-9-1-3-11-33(31)53-43(63)55-37-15-7-5-13-35(37)51-41(61)47-27-17-21-29(22-18-27)57(65)66)45-25-26-46-40(60)50-32-10-2-4-12-34(32)54-44(64)56-38-16-8-6-14-36(38)52-42(62)48-28-19-23-30(24-20-28)58(67)68;4*1-5-9(6-2,7-3)8-4;;;;/h1-24H,25-26H2,(H2,45,49,59)(H2,46,50,60)(H2,47,51,61)(H2,48,52,62)(H2,53,55,63)(H2,54,56,64);4*5-8H2,1-4H3;4*1H/q;4*+1;;;;/p-4. The smallest absolute Gasteiger partial charge is 0.323 e. The zero-order valence-electron chi connectivity index (χ0n) is 65.9. The molecule has 12 N–H and O–H groups in total. The Hall–Kier alpha value is -8.50. The molecule has 0 aromatic heterocycles. The quantitative estimate of drug-likeness (QED) is 0.0125. The number of hydrogen-bond donors (Lipinski definition) is 12. The molecule has 0 atom stereocenters. The molecule has 0 saturated carbocycles. The number of halogens is 4. The van der Waals surface area contributed by atoms with Crippen LogP contribution in [0.2, 0.25) is 0 Å². The third kappa shape index (κ3) is 36.1. The maximum absolute atomic E-state index is 13.1. The lowest BCUT2D eigenvalue weighted by atomic mass is 10.2. The van der Waals surface area contributed by atoms with Gasteiger partial charge in [0, 0.05) is 48.7 Å². The van der Waals surface area contributed by atoms with Crippen LogP contribution in [0.25, 0.3) is 0 Å². The molecular formula is C76H120Br4N18O10. The number of carbonyl (C=O) groups is 6. The Morgan fingerprint density at radius 1 is 0.250 bits per heavy atom. The van der Waals surface area contributed by atoms with Gasteiger partial charge in [0.15, 0.2) is 0 Å². The van der Waals surface area contributed by atoms with Gasteiger partial charge < -0.3 is 150 Å². The fraction of sp³-hybridized carbons (Fsp3) is 0.447. The SMILES string of the molecule is CC[N+](CC)(CC)CC.CC[N+](CC)(CC)CC.CC[N+](CC)(CC)CC.CC[N+](CC)(CC)CC.O=C(NCCNC(=O)Nc1ccccc1NC(=O)Nc1ccccc1NC(=O)Nc1ccc([N+](=O)[O-])cc1)Nc1ccccc1NC(=O)Nc1ccccc1NC(=O)Nc1ccc([N+](=O)[O-])cc1.[Br-].[Br-].[Br-].[Br-]. The number of rotatable bonds is 31. The normalized spacial score (nSPS) is 10.4. The summed E-state index contributed by atoms with van der Waals surface area (Å²) in [6.07, 6.45) is 0. The molecule has 12 amide bonds. The van der Waals surface area contributed by atoms with E-state index in [9.17, 15) is 49.0 Å². The molecule has 0 radical (unpaired) electrons. The summed E-state index contributed by atoms with van der Waals surface area (Å²) in [5.74, 6) is 0. The second kappa shape index (κ2) is 55.8. The van der Waals surface area contributed by atoms with Gasteiger partial charge >= 0.3 is 36.2 Å². The van der Waals surface area contributed by atoms with E-state index in [-0.39, 0.29) is 138 Å². The molecule has 0 bridgehead atoms. The monoisotopic (exact) mass is 1760 g/mol. The molecule has 0 heterocycles. The van der Waals surface area contributed by atoms with Gasteiger partial charge in [-0.1, -0.05) is 48.5 Å². The number of nitrogens with zero attached hydrogens (tertiary/aromatic N) is 6. The van der Waals surface area contributed by atoms with Crippen molar-refractivity contribution in [2.45, 2.75) is 111 Å². The Bertz CT molecular complexity index is 3260. The second-order valence-corrected chi connectivity index (χ2v) is 24.3. The number of nitro groups is 2. The van der Waals surface area contributed by atoms with Crippen LogP contribution in [0.3, 0.4) is 0 Å². The van der Waals surface area contributed by atoms with E-state index in [1.165, 1.54) is 171 Å². The van der Waals surface area contributed by atoms with Crippen LogP contribution in [0, 0.1) is 20.2 Å². The van der Waals surface area contributed by atoms with Crippen molar-refractivity contribution in [1.82, 2.24) is 10.6 Å². The molecule has 28 nitrogen and oxygen atoms in total.